The lowest BCUT2D eigenvalue weighted by atomic mass is 10.2. The van der Waals surface area contributed by atoms with E-state index in [2.05, 4.69) is 16.0 Å². The molecule has 3 rings (SSSR count). The quantitative estimate of drug-likeness (QED) is 0.691. The number of aromatic nitrogens is 3. The molecule has 5 nitrogen and oxygen atoms in total. The Labute approximate surface area is 146 Å². The molecule has 2 aromatic carbocycles. The number of aryl methyl sites for hydroxylation is 1. The zero-order chi connectivity index (χ0) is 17.8. The highest BCUT2D eigenvalue weighted by molar-refractivity contribution is 5.91. The van der Waals surface area contributed by atoms with Crippen LogP contribution < -0.4 is 0 Å². The second-order valence-electron chi connectivity index (χ2n) is 5.74. The van der Waals surface area contributed by atoms with Gasteiger partial charge in [0.2, 0.25) is 5.82 Å². The van der Waals surface area contributed by atoms with Crippen molar-refractivity contribution in [3.8, 4) is 29.4 Å². The molecule has 0 atom stereocenters. The fraction of sp³-hybridized carbons (Fsp3) is 0.150. The molecule has 3 aromatic rings. The van der Waals surface area contributed by atoms with E-state index in [0.717, 1.165) is 16.8 Å². The number of carbonyl (C=O) groups excluding carboxylic acids is 1. The highest BCUT2D eigenvalue weighted by Gasteiger charge is 2.21. The minimum atomic E-state index is -0.304. The topological polar surface area (TPSA) is 51.0 Å². The van der Waals surface area contributed by atoms with Crippen LogP contribution in [-0.2, 0) is 0 Å². The fourth-order valence-electron chi connectivity index (χ4n) is 2.50. The summed E-state index contributed by atoms with van der Waals surface area (Å²) < 4.78 is 1.69. The summed E-state index contributed by atoms with van der Waals surface area (Å²) in [6, 6.07) is 17.6. The molecule has 0 N–H and O–H groups in total. The Morgan fingerprint density at radius 3 is 2.64 bits per heavy atom. The zero-order valence-electron chi connectivity index (χ0n) is 14.2. The molecule has 1 amide bonds. The molecule has 1 heterocycles. The van der Waals surface area contributed by atoms with Crippen molar-refractivity contribution >= 4 is 5.91 Å². The second-order valence-corrected chi connectivity index (χ2v) is 5.74. The minimum Gasteiger partial charge on any atom is -0.328 e. The van der Waals surface area contributed by atoms with Crippen molar-refractivity contribution in [1.29, 1.82) is 0 Å². The highest BCUT2D eigenvalue weighted by Crippen LogP contribution is 2.22. The largest absolute Gasteiger partial charge is 0.328 e. The fourth-order valence-corrected chi connectivity index (χ4v) is 2.50. The molecule has 0 radical (unpaired) electrons. The number of carbonyl (C=O) groups is 1. The van der Waals surface area contributed by atoms with Crippen molar-refractivity contribution in [1.82, 2.24) is 19.7 Å². The van der Waals surface area contributed by atoms with Crippen molar-refractivity contribution in [2.24, 2.45) is 0 Å². The Kier molecular flexibility index (Phi) is 4.62. The van der Waals surface area contributed by atoms with Crippen LogP contribution in [0.15, 0.2) is 54.6 Å². The standard InChI is InChI=1S/C20H18N4O/c1-4-13-23(3)20(25)18-21-19(16-10-6-5-7-11-16)24(22-18)17-12-8-9-15(2)14-17/h1,5-12,14H,13H2,2-3H3. The van der Waals surface area contributed by atoms with E-state index in [1.165, 1.54) is 4.90 Å². The molecule has 0 fully saturated rings. The smallest absolute Gasteiger partial charge is 0.294 e. The summed E-state index contributed by atoms with van der Waals surface area (Å²) in [5.41, 5.74) is 2.84. The van der Waals surface area contributed by atoms with Gasteiger partial charge in [-0.3, -0.25) is 4.79 Å². The van der Waals surface area contributed by atoms with Crippen molar-refractivity contribution in [2.45, 2.75) is 6.92 Å². The van der Waals surface area contributed by atoms with Gasteiger partial charge in [0, 0.05) is 12.6 Å². The van der Waals surface area contributed by atoms with Crippen LogP contribution in [0.1, 0.15) is 16.2 Å². The minimum absolute atomic E-state index is 0.123. The summed E-state index contributed by atoms with van der Waals surface area (Å²) in [6.45, 7) is 2.22. The molecule has 0 bridgehead atoms. The molecule has 0 aliphatic heterocycles. The molecule has 0 aliphatic rings. The zero-order valence-corrected chi connectivity index (χ0v) is 14.2. The molecule has 124 valence electrons. The van der Waals surface area contributed by atoms with Gasteiger partial charge >= 0.3 is 0 Å². The summed E-state index contributed by atoms with van der Waals surface area (Å²) in [4.78, 5) is 18.4. The first-order valence-corrected chi connectivity index (χ1v) is 7.88. The van der Waals surface area contributed by atoms with Crippen LogP contribution in [0, 0.1) is 19.3 Å². The molecule has 0 spiro atoms. The summed E-state index contributed by atoms with van der Waals surface area (Å²) in [7, 11) is 1.64. The lowest BCUT2D eigenvalue weighted by molar-refractivity contribution is 0.0801. The number of hydrogen-bond acceptors (Lipinski definition) is 3. The maximum atomic E-state index is 12.5. The third kappa shape index (κ3) is 3.43. The van der Waals surface area contributed by atoms with Gasteiger partial charge in [-0.2, -0.15) is 0 Å². The van der Waals surface area contributed by atoms with Gasteiger partial charge in [0.25, 0.3) is 5.91 Å². The Balaban J connectivity index is 2.13. The monoisotopic (exact) mass is 330 g/mol. The Hall–Kier alpha value is -3.39. The normalized spacial score (nSPS) is 10.3. The van der Waals surface area contributed by atoms with Crippen LogP contribution in [0.25, 0.3) is 17.1 Å². The molecule has 0 unspecified atom stereocenters. The van der Waals surface area contributed by atoms with Gasteiger partial charge in [0.1, 0.15) is 0 Å². The Bertz CT molecular complexity index is 938. The van der Waals surface area contributed by atoms with Gasteiger partial charge < -0.3 is 4.90 Å². The van der Waals surface area contributed by atoms with E-state index in [-0.39, 0.29) is 18.3 Å². The first kappa shape index (κ1) is 16.5. The van der Waals surface area contributed by atoms with E-state index in [4.69, 9.17) is 6.42 Å². The number of rotatable bonds is 4. The van der Waals surface area contributed by atoms with Crippen LogP contribution in [0.4, 0.5) is 0 Å². The number of nitrogens with zero attached hydrogens (tertiary/aromatic N) is 4. The van der Waals surface area contributed by atoms with Crippen molar-refractivity contribution in [2.75, 3.05) is 13.6 Å². The first-order valence-electron chi connectivity index (χ1n) is 7.88. The Morgan fingerprint density at radius 2 is 1.96 bits per heavy atom. The molecule has 25 heavy (non-hydrogen) atoms. The SMILES string of the molecule is C#CCN(C)C(=O)c1nc(-c2ccccc2)n(-c2cccc(C)c2)n1. The predicted octanol–water partition coefficient (Wildman–Crippen LogP) is 2.95. The lowest BCUT2D eigenvalue weighted by Crippen LogP contribution is -2.28. The maximum Gasteiger partial charge on any atom is 0.294 e. The molecule has 1 aromatic heterocycles. The predicted molar refractivity (Wildman–Crippen MR) is 97.3 cm³/mol. The van der Waals surface area contributed by atoms with E-state index in [1.807, 2.05) is 61.5 Å². The van der Waals surface area contributed by atoms with Gasteiger partial charge in [-0.25, -0.2) is 9.67 Å². The van der Waals surface area contributed by atoms with Crippen molar-refractivity contribution in [3.05, 3.63) is 66.0 Å². The van der Waals surface area contributed by atoms with Crippen LogP contribution in [0.3, 0.4) is 0 Å². The lowest BCUT2D eigenvalue weighted by Gasteiger charge is -2.10. The van der Waals surface area contributed by atoms with E-state index < -0.39 is 0 Å². The first-order chi connectivity index (χ1) is 12.1. The molecule has 0 saturated carbocycles. The maximum absolute atomic E-state index is 12.5. The number of hydrogen-bond donors (Lipinski definition) is 0. The highest BCUT2D eigenvalue weighted by atomic mass is 16.2. The van der Waals surface area contributed by atoms with Crippen LogP contribution in [0.5, 0.6) is 0 Å². The number of terminal acetylenes is 1. The third-order valence-electron chi connectivity index (χ3n) is 3.75. The van der Waals surface area contributed by atoms with Crippen LogP contribution in [0.2, 0.25) is 0 Å². The number of amides is 1. The average molecular weight is 330 g/mol. The molecule has 0 saturated heterocycles. The van der Waals surface area contributed by atoms with E-state index in [0.29, 0.717) is 5.82 Å². The molecular formula is C20H18N4O. The summed E-state index contributed by atoms with van der Waals surface area (Å²) >= 11 is 0. The van der Waals surface area contributed by atoms with E-state index >= 15 is 0 Å². The molecule has 5 heteroatoms. The summed E-state index contributed by atoms with van der Waals surface area (Å²) in [5, 5.41) is 4.45. The van der Waals surface area contributed by atoms with Gasteiger partial charge in [-0.05, 0) is 24.6 Å². The summed E-state index contributed by atoms with van der Waals surface area (Å²) in [5.74, 6) is 2.89. The van der Waals surface area contributed by atoms with Crippen molar-refractivity contribution in [3.63, 3.8) is 0 Å². The van der Waals surface area contributed by atoms with Gasteiger partial charge in [0.05, 0.1) is 12.2 Å². The van der Waals surface area contributed by atoms with Gasteiger partial charge in [-0.1, -0.05) is 48.4 Å². The van der Waals surface area contributed by atoms with E-state index in [1.54, 1.807) is 11.7 Å². The summed E-state index contributed by atoms with van der Waals surface area (Å²) in [6.07, 6.45) is 5.29. The van der Waals surface area contributed by atoms with E-state index in [9.17, 15) is 4.79 Å². The van der Waals surface area contributed by atoms with Crippen molar-refractivity contribution < 1.29 is 4.79 Å². The second kappa shape index (κ2) is 7.02. The van der Waals surface area contributed by atoms with Gasteiger partial charge in [-0.15, -0.1) is 11.5 Å². The third-order valence-corrected chi connectivity index (χ3v) is 3.75. The molecular weight excluding hydrogens is 312 g/mol. The van der Waals surface area contributed by atoms with Crippen LogP contribution >= 0.6 is 0 Å². The molecule has 0 aliphatic carbocycles. The van der Waals surface area contributed by atoms with Crippen LogP contribution in [-0.4, -0.2) is 39.2 Å². The van der Waals surface area contributed by atoms with Gasteiger partial charge in [0.15, 0.2) is 5.82 Å². The Morgan fingerprint density at radius 1 is 1.20 bits per heavy atom. The average Bonchev–Trinajstić information content (AvgIpc) is 3.07. The number of benzene rings is 2.